The van der Waals surface area contributed by atoms with E-state index in [1.807, 2.05) is 16.3 Å². The summed E-state index contributed by atoms with van der Waals surface area (Å²) in [6, 6.07) is 2.52. The smallest absolute Gasteiger partial charge is 0.227 e. The molecule has 0 saturated carbocycles. The van der Waals surface area contributed by atoms with Crippen LogP contribution in [0.2, 0.25) is 0 Å². The second-order valence-corrected chi connectivity index (χ2v) is 8.32. The van der Waals surface area contributed by atoms with E-state index < -0.39 is 0 Å². The van der Waals surface area contributed by atoms with Crippen LogP contribution >= 0.6 is 11.3 Å². The molecule has 0 spiro atoms. The molecule has 2 fully saturated rings. The first-order valence-electron chi connectivity index (χ1n) is 9.97. The summed E-state index contributed by atoms with van der Waals surface area (Å²) in [4.78, 5) is 29.3. The average molecular weight is 394 g/mol. The van der Waals surface area contributed by atoms with E-state index in [2.05, 4.69) is 15.6 Å². The Hall–Kier alpha value is -1.44. The van der Waals surface area contributed by atoms with Crippen molar-refractivity contribution >= 4 is 23.2 Å². The topological polar surface area (TPSA) is 61.9 Å². The highest BCUT2D eigenvalue weighted by Gasteiger charge is 2.32. The molecule has 0 aromatic carbocycles. The van der Waals surface area contributed by atoms with Gasteiger partial charge in [-0.15, -0.1) is 0 Å². The van der Waals surface area contributed by atoms with E-state index in [1.54, 1.807) is 18.4 Å². The third kappa shape index (κ3) is 5.77. The van der Waals surface area contributed by atoms with Crippen molar-refractivity contribution in [3.63, 3.8) is 0 Å². The van der Waals surface area contributed by atoms with Gasteiger partial charge >= 0.3 is 0 Å². The number of amides is 2. The van der Waals surface area contributed by atoms with Crippen molar-refractivity contribution in [2.45, 2.75) is 38.1 Å². The van der Waals surface area contributed by atoms with E-state index in [0.29, 0.717) is 25.6 Å². The average Bonchev–Trinajstić information content (AvgIpc) is 3.21. The first-order chi connectivity index (χ1) is 13.2. The highest BCUT2D eigenvalue weighted by molar-refractivity contribution is 7.08. The molecule has 3 rings (SSSR count). The van der Waals surface area contributed by atoms with Crippen LogP contribution in [0, 0.1) is 5.92 Å². The van der Waals surface area contributed by atoms with Crippen LogP contribution in [0.25, 0.3) is 0 Å². The summed E-state index contributed by atoms with van der Waals surface area (Å²) in [6.45, 7) is 4.70. The molecule has 7 heteroatoms. The Balaban J connectivity index is 1.43. The molecule has 2 saturated heterocycles. The van der Waals surface area contributed by atoms with Crippen molar-refractivity contribution in [2.24, 2.45) is 5.92 Å². The Labute approximate surface area is 165 Å². The van der Waals surface area contributed by atoms with Crippen LogP contribution in [-0.2, 0) is 20.7 Å². The van der Waals surface area contributed by atoms with Gasteiger partial charge in [0.15, 0.2) is 0 Å². The normalized spacial score (nSPS) is 22.0. The Kier molecular flexibility index (Phi) is 7.67. The number of hydrogen-bond acceptors (Lipinski definition) is 5. The van der Waals surface area contributed by atoms with Gasteiger partial charge in [0, 0.05) is 39.3 Å². The first kappa shape index (κ1) is 20.3. The monoisotopic (exact) mass is 393 g/mol. The fourth-order valence-corrected chi connectivity index (χ4v) is 4.80. The van der Waals surface area contributed by atoms with Crippen LogP contribution in [-0.4, -0.2) is 74.1 Å². The molecule has 0 aliphatic carbocycles. The number of nitrogens with one attached hydrogen (secondary N) is 1. The lowest BCUT2D eigenvalue weighted by Crippen LogP contribution is -2.51. The highest BCUT2D eigenvalue weighted by atomic mass is 32.1. The summed E-state index contributed by atoms with van der Waals surface area (Å²) in [7, 11) is 1.64. The summed E-state index contributed by atoms with van der Waals surface area (Å²) < 4.78 is 5.00. The molecule has 0 radical (unpaired) electrons. The Morgan fingerprint density at radius 2 is 2.07 bits per heavy atom. The minimum atomic E-state index is 0.0776. The standard InChI is InChI=1S/C20H31N3O3S/c1-26-11-7-21-20(25)17-3-2-8-23(14-17)18-4-9-22(10-5-18)19(24)13-16-6-12-27-15-16/h6,12,15,17-18H,2-5,7-11,13-14H2,1H3,(H,21,25). The van der Waals surface area contributed by atoms with Crippen molar-refractivity contribution in [3.8, 4) is 0 Å². The molecule has 6 nitrogen and oxygen atoms in total. The fourth-order valence-electron chi connectivity index (χ4n) is 4.13. The van der Waals surface area contributed by atoms with Crippen LogP contribution in [0.5, 0.6) is 0 Å². The number of ether oxygens (including phenoxy) is 1. The van der Waals surface area contributed by atoms with Crippen molar-refractivity contribution < 1.29 is 14.3 Å². The first-order valence-corrected chi connectivity index (χ1v) is 10.9. The Morgan fingerprint density at radius 1 is 1.26 bits per heavy atom. The maximum Gasteiger partial charge on any atom is 0.227 e. The lowest BCUT2D eigenvalue weighted by Gasteiger charge is -2.42. The number of carbonyl (C=O) groups is 2. The molecule has 2 aliphatic heterocycles. The molecule has 1 aromatic heterocycles. The molecule has 3 heterocycles. The summed E-state index contributed by atoms with van der Waals surface area (Å²) in [5.41, 5.74) is 1.12. The van der Waals surface area contributed by atoms with Gasteiger partial charge in [0.25, 0.3) is 0 Å². The molecule has 0 bridgehead atoms. The predicted octanol–water partition coefficient (Wildman–Crippen LogP) is 1.76. The maximum absolute atomic E-state index is 12.5. The number of rotatable bonds is 7. The highest BCUT2D eigenvalue weighted by Crippen LogP contribution is 2.24. The zero-order chi connectivity index (χ0) is 19.1. The summed E-state index contributed by atoms with van der Waals surface area (Å²) in [6.07, 6.45) is 4.56. The number of hydrogen-bond donors (Lipinski definition) is 1. The summed E-state index contributed by atoms with van der Waals surface area (Å²) in [5.74, 6) is 0.467. The minimum absolute atomic E-state index is 0.0776. The molecule has 1 aromatic rings. The lowest BCUT2D eigenvalue weighted by atomic mass is 9.93. The quantitative estimate of drug-likeness (QED) is 0.717. The van der Waals surface area contributed by atoms with Gasteiger partial charge in [-0.2, -0.15) is 11.3 Å². The molecule has 27 heavy (non-hydrogen) atoms. The van der Waals surface area contributed by atoms with E-state index in [0.717, 1.165) is 57.4 Å². The van der Waals surface area contributed by atoms with E-state index in [9.17, 15) is 9.59 Å². The van der Waals surface area contributed by atoms with E-state index >= 15 is 0 Å². The van der Waals surface area contributed by atoms with Crippen molar-refractivity contribution in [2.75, 3.05) is 46.4 Å². The van der Waals surface area contributed by atoms with E-state index in [4.69, 9.17) is 4.74 Å². The molecule has 2 aliphatic rings. The van der Waals surface area contributed by atoms with Gasteiger partial charge < -0.3 is 15.0 Å². The van der Waals surface area contributed by atoms with E-state index in [1.165, 1.54) is 0 Å². The molecular weight excluding hydrogens is 362 g/mol. The van der Waals surface area contributed by atoms with Gasteiger partial charge in [-0.1, -0.05) is 0 Å². The number of thiophene rings is 1. The van der Waals surface area contributed by atoms with Crippen LogP contribution in [0.15, 0.2) is 16.8 Å². The van der Waals surface area contributed by atoms with Crippen molar-refractivity contribution in [1.82, 2.24) is 15.1 Å². The fraction of sp³-hybridized carbons (Fsp3) is 0.700. The zero-order valence-electron chi connectivity index (χ0n) is 16.2. The van der Waals surface area contributed by atoms with E-state index in [-0.39, 0.29) is 17.7 Å². The van der Waals surface area contributed by atoms with Crippen LogP contribution in [0.3, 0.4) is 0 Å². The number of methoxy groups -OCH3 is 1. The van der Waals surface area contributed by atoms with Crippen molar-refractivity contribution in [1.29, 1.82) is 0 Å². The molecule has 150 valence electrons. The Bertz CT molecular complexity index is 600. The molecule has 1 N–H and O–H groups in total. The maximum atomic E-state index is 12.5. The second kappa shape index (κ2) is 10.2. The molecule has 1 unspecified atom stereocenters. The SMILES string of the molecule is COCCNC(=O)C1CCCN(C2CCN(C(=O)Cc3ccsc3)CC2)C1. The second-order valence-electron chi connectivity index (χ2n) is 7.54. The predicted molar refractivity (Wildman–Crippen MR) is 107 cm³/mol. The summed E-state index contributed by atoms with van der Waals surface area (Å²) in [5, 5.41) is 7.05. The number of carbonyl (C=O) groups excluding carboxylic acids is 2. The van der Waals surface area contributed by atoms with Crippen LogP contribution in [0.1, 0.15) is 31.2 Å². The van der Waals surface area contributed by atoms with Crippen molar-refractivity contribution in [3.05, 3.63) is 22.4 Å². The number of nitrogens with zero attached hydrogens (tertiary/aromatic N) is 2. The van der Waals surface area contributed by atoms with Gasteiger partial charge in [0.1, 0.15) is 0 Å². The van der Waals surface area contributed by atoms with Gasteiger partial charge in [-0.3, -0.25) is 14.5 Å². The summed E-state index contributed by atoms with van der Waals surface area (Å²) >= 11 is 1.64. The molecule has 2 amide bonds. The van der Waals surface area contributed by atoms with Crippen LogP contribution in [0.4, 0.5) is 0 Å². The number of piperidine rings is 2. The third-order valence-electron chi connectivity index (χ3n) is 5.70. The van der Waals surface area contributed by atoms with Gasteiger partial charge in [-0.05, 0) is 54.6 Å². The van der Waals surface area contributed by atoms with Gasteiger partial charge in [0.05, 0.1) is 18.9 Å². The van der Waals surface area contributed by atoms with Gasteiger partial charge in [0.2, 0.25) is 11.8 Å². The van der Waals surface area contributed by atoms with Crippen LogP contribution < -0.4 is 5.32 Å². The minimum Gasteiger partial charge on any atom is -0.383 e. The van der Waals surface area contributed by atoms with Gasteiger partial charge in [-0.25, -0.2) is 0 Å². The lowest BCUT2D eigenvalue weighted by molar-refractivity contribution is -0.132. The largest absolute Gasteiger partial charge is 0.383 e. The zero-order valence-corrected chi connectivity index (χ0v) is 17.0. The third-order valence-corrected chi connectivity index (χ3v) is 6.43. The molecular formula is C20H31N3O3S. The number of likely N-dealkylation sites (tertiary alicyclic amines) is 2. The Morgan fingerprint density at radius 3 is 2.78 bits per heavy atom. The molecule has 1 atom stereocenters.